The molecule has 0 spiro atoms. The van der Waals surface area contributed by atoms with Crippen LogP contribution < -0.4 is 4.74 Å². The largest absolute Gasteiger partial charge is 0.487 e. The molecule has 7 heteroatoms. The predicted octanol–water partition coefficient (Wildman–Crippen LogP) is 8.31. The molecule has 0 N–H and O–H groups in total. The first-order chi connectivity index (χ1) is 23.6. The monoisotopic (exact) mass is 624 g/mol. The zero-order valence-corrected chi connectivity index (χ0v) is 26.7. The van der Waals surface area contributed by atoms with Gasteiger partial charge in [0.25, 0.3) is 0 Å². The fraction of sp³-hybridized carbons (Fsp3) is 0.0976. The number of rotatable bonds is 9. The van der Waals surface area contributed by atoms with Gasteiger partial charge in [0.1, 0.15) is 24.0 Å². The summed E-state index contributed by atoms with van der Waals surface area (Å²) in [4.78, 5) is 6.13. The minimum absolute atomic E-state index is 0.329. The minimum Gasteiger partial charge on any atom is -0.487 e. The number of pyridine rings is 1. The van der Waals surface area contributed by atoms with Crippen LogP contribution in [0.3, 0.4) is 0 Å². The van der Waals surface area contributed by atoms with E-state index in [0.29, 0.717) is 29.4 Å². The Labute approximate surface area is 279 Å². The van der Waals surface area contributed by atoms with Crippen LogP contribution in [0.2, 0.25) is 0 Å². The molecule has 0 amide bonds. The summed E-state index contributed by atoms with van der Waals surface area (Å²) in [6, 6.07) is 51.3. The molecule has 7 aromatic rings. The summed E-state index contributed by atoms with van der Waals surface area (Å²) in [5.41, 5.74) is 8.01. The molecular formula is C41H32N6O. The molecule has 5 aromatic carbocycles. The summed E-state index contributed by atoms with van der Waals surface area (Å²) >= 11 is 0. The van der Waals surface area contributed by atoms with Crippen molar-refractivity contribution in [1.82, 2.24) is 25.2 Å². The summed E-state index contributed by atoms with van der Waals surface area (Å²) in [6.45, 7) is 4.05. The molecule has 0 atom stereocenters. The Balaban J connectivity index is 1.26. The van der Waals surface area contributed by atoms with Crippen molar-refractivity contribution in [3.8, 4) is 34.3 Å². The molecule has 0 radical (unpaired) electrons. The Hall–Kier alpha value is -6.39. The van der Waals surface area contributed by atoms with Gasteiger partial charge in [0.2, 0.25) is 5.82 Å². The highest BCUT2D eigenvalue weighted by Crippen LogP contribution is 2.40. The molecule has 232 valence electrons. The SMILES string of the molecule is Cc1cc(OCc2ccc(-c3ccccc3-c3nnn(C(c4ccccc4)(c4ccccc4)c4ccccc4)n3)cc2)c(C#N)c(C)n1. The van der Waals surface area contributed by atoms with Crippen molar-refractivity contribution in [1.29, 1.82) is 5.26 Å². The van der Waals surface area contributed by atoms with Crippen LogP contribution in [0.15, 0.2) is 146 Å². The lowest BCUT2D eigenvalue weighted by molar-refractivity contribution is 0.304. The molecule has 0 unspecified atom stereocenters. The number of nitrogens with zero attached hydrogens (tertiary/aromatic N) is 6. The number of aromatic nitrogens is 5. The molecule has 7 rings (SSSR count). The molecule has 2 aromatic heterocycles. The topological polar surface area (TPSA) is 89.5 Å². The van der Waals surface area contributed by atoms with E-state index in [-0.39, 0.29) is 0 Å². The third-order valence-corrected chi connectivity index (χ3v) is 8.52. The van der Waals surface area contributed by atoms with Crippen molar-refractivity contribution in [2.75, 3.05) is 0 Å². The van der Waals surface area contributed by atoms with E-state index in [1.54, 1.807) is 10.9 Å². The Morgan fingerprint density at radius 2 is 1.23 bits per heavy atom. The van der Waals surface area contributed by atoms with E-state index in [2.05, 4.69) is 70.7 Å². The predicted molar refractivity (Wildman–Crippen MR) is 186 cm³/mol. The van der Waals surface area contributed by atoms with Crippen molar-refractivity contribution >= 4 is 0 Å². The normalized spacial score (nSPS) is 11.2. The lowest BCUT2D eigenvalue weighted by atomic mass is 9.77. The molecule has 0 aliphatic heterocycles. The Morgan fingerprint density at radius 3 is 1.79 bits per heavy atom. The minimum atomic E-state index is -0.858. The van der Waals surface area contributed by atoms with E-state index in [0.717, 1.165) is 44.6 Å². The van der Waals surface area contributed by atoms with Crippen molar-refractivity contribution in [3.63, 3.8) is 0 Å². The summed E-state index contributed by atoms with van der Waals surface area (Å²) in [5, 5.41) is 24.1. The van der Waals surface area contributed by atoms with Crippen molar-refractivity contribution in [2.45, 2.75) is 26.0 Å². The van der Waals surface area contributed by atoms with Crippen molar-refractivity contribution in [3.05, 3.63) is 185 Å². The first-order valence-electron chi connectivity index (χ1n) is 15.7. The molecule has 0 bridgehead atoms. The first-order valence-corrected chi connectivity index (χ1v) is 15.7. The van der Waals surface area contributed by atoms with Gasteiger partial charge in [0.05, 0.1) is 5.69 Å². The number of ether oxygens (including phenoxy) is 1. The van der Waals surface area contributed by atoms with E-state index < -0.39 is 5.54 Å². The highest BCUT2D eigenvalue weighted by Gasteiger charge is 2.41. The van der Waals surface area contributed by atoms with E-state index in [9.17, 15) is 5.26 Å². The van der Waals surface area contributed by atoms with Crippen LogP contribution in [0.5, 0.6) is 5.75 Å². The third-order valence-electron chi connectivity index (χ3n) is 8.52. The van der Waals surface area contributed by atoms with Crippen molar-refractivity contribution < 1.29 is 4.74 Å². The highest BCUT2D eigenvalue weighted by molar-refractivity contribution is 5.80. The van der Waals surface area contributed by atoms with Crippen LogP contribution in [0.25, 0.3) is 22.5 Å². The van der Waals surface area contributed by atoms with Gasteiger partial charge >= 0.3 is 0 Å². The molecule has 0 saturated carbocycles. The maximum atomic E-state index is 9.60. The van der Waals surface area contributed by atoms with Crippen LogP contribution in [0.1, 0.15) is 39.2 Å². The van der Waals surface area contributed by atoms with Gasteiger partial charge in [-0.3, -0.25) is 4.98 Å². The van der Waals surface area contributed by atoms with Gasteiger partial charge in [-0.05, 0) is 52.4 Å². The zero-order valence-electron chi connectivity index (χ0n) is 26.7. The van der Waals surface area contributed by atoms with E-state index >= 15 is 0 Å². The number of tetrazole rings is 1. The number of aryl methyl sites for hydroxylation is 2. The lowest BCUT2D eigenvalue weighted by Gasteiger charge is -2.34. The Kier molecular flexibility index (Phi) is 8.29. The van der Waals surface area contributed by atoms with Crippen LogP contribution in [0.4, 0.5) is 0 Å². The van der Waals surface area contributed by atoms with Gasteiger partial charge in [-0.1, -0.05) is 140 Å². The lowest BCUT2D eigenvalue weighted by Crippen LogP contribution is -2.39. The molecule has 0 aliphatic rings. The number of hydrogen-bond donors (Lipinski definition) is 0. The molecular weight excluding hydrogens is 592 g/mol. The van der Waals surface area contributed by atoms with E-state index in [4.69, 9.17) is 15.0 Å². The number of nitriles is 1. The summed E-state index contributed by atoms with van der Waals surface area (Å²) in [6.07, 6.45) is 0. The summed E-state index contributed by atoms with van der Waals surface area (Å²) in [5.74, 6) is 1.07. The second kappa shape index (κ2) is 13.1. The fourth-order valence-corrected chi connectivity index (χ4v) is 6.26. The molecule has 2 heterocycles. The van der Waals surface area contributed by atoms with E-state index in [1.165, 1.54) is 0 Å². The smallest absolute Gasteiger partial charge is 0.205 e. The fourth-order valence-electron chi connectivity index (χ4n) is 6.26. The zero-order chi connectivity index (χ0) is 32.9. The second-order valence-corrected chi connectivity index (χ2v) is 11.6. The molecule has 0 aliphatic carbocycles. The van der Waals surface area contributed by atoms with Gasteiger partial charge in [0, 0.05) is 17.3 Å². The van der Waals surface area contributed by atoms with Crippen molar-refractivity contribution in [2.24, 2.45) is 0 Å². The van der Waals surface area contributed by atoms with Gasteiger partial charge in [-0.2, -0.15) is 5.26 Å². The number of benzene rings is 5. The Bertz CT molecular complexity index is 2110. The standard InChI is InChI=1S/C41H32N6O/c1-29-26-39(38(27-42)30(2)43-29)48-28-31-22-24-32(25-23-31)36-20-12-13-21-37(36)40-44-46-47(45-40)41(33-14-6-3-7-15-33,34-16-8-4-9-17-34)35-18-10-5-11-19-35/h3-26H,28H2,1-2H3. The average molecular weight is 625 g/mol. The van der Waals surface area contributed by atoms with Gasteiger partial charge < -0.3 is 4.74 Å². The summed E-state index contributed by atoms with van der Waals surface area (Å²) in [7, 11) is 0. The van der Waals surface area contributed by atoms with Gasteiger partial charge in [0.15, 0.2) is 5.54 Å². The second-order valence-electron chi connectivity index (χ2n) is 11.6. The van der Waals surface area contributed by atoms with Crippen LogP contribution in [0, 0.1) is 25.2 Å². The maximum Gasteiger partial charge on any atom is 0.205 e. The van der Waals surface area contributed by atoms with Crippen LogP contribution in [-0.4, -0.2) is 25.2 Å². The number of hydrogen-bond acceptors (Lipinski definition) is 6. The van der Waals surface area contributed by atoms with Gasteiger partial charge in [-0.25, -0.2) is 0 Å². The van der Waals surface area contributed by atoms with Crippen LogP contribution >= 0.6 is 0 Å². The average Bonchev–Trinajstić information content (AvgIpc) is 3.63. The quantitative estimate of drug-likeness (QED) is 0.150. The Morgan fingerprint density at radius 1 is 0.688 bits per heavy atom. The summed E-state index contributed by atoms with van der Waals surface area (Å²) < 4.78 is 6.06. The molecule has 48 heavy (non-hydrogen) atoms. The molecule has 0 saturated heterocycles. The first kappa shape index (κ1) is 30.3. The van der Waals surface area contributed by atoms with Gasteiger partial charge in [-0.15, -0.1) is 15.0 Å². The maximum absolute atomic E-state index is 9.60. The highest BCUT2D eigenvalue weighted by atomic mass is 16.5. The molecule has 7 nitrogen and oxygen atoms in total. The van der Waals surface area contributed by atoms with Crippen LogP contribution in [-0.2, 0) is 12.1 Å². The third kappa shape index (κ3) is 5.61. The van der Waals surface area contributed by atoms with E-state index in [1.807, 2.05) is 98.8 Å². The molecule has 0 fully saturated rings.